The molecule has 1 aromatic heterocycles. The summed E-state index contributed by atoms with van der Waals surface area (Å²) in [5, 5.41) is 0. The van der Waals surface area contributed by atoms with Crippen LogP contribution >= 0.6 is 31.9 Å². The van der Waals surface area contributed by atoms with Crippen molar-refractivity contribution in [3.05, 3.63) is 51.4 Å². The van der Waals surface area contributed by atoms with Gasteiger partial charge in [0.2, 0.25) is 0 Å². The quantitative estimate of drug-likeness (QED) is 0.360. The number of benzene rings is 1. The lowest BCUT2D eigenvalue weighted by atomic mass is 10.1. The molecule has 6 heteroatoms. The van der Waals surface area contributed by atoms with Crippen molar-refractivity contribution in [2.45, 2.75) is 51.7 Å². The Bertz CT molecular complexity index is 644. The molecule has 0 amide bonds. The van der Waals surface area contributed by atoms with Crippen molar-refractivity contribution in [1.29, 1.82) is 0 Å². The van der Waals surface area contributed by atoms with Crippen LogP contribution in [0.4, 0.5) is 0 Å². The van der Waals surface area contributed by atoms with Crippen molar-refractivity contribution >= 4 is 37.8 Å². The molecule has 0 fully saturated rings. The Morgan fingerprint density at radius 1 is 1.29 bits per heavy atom. The predicted octanol–water partition coefficient (Wildman–Crippen LogP) is 5.66. The first kappa shape index (κ1) is 19.2. The van der Waals surface area contributed by atoms with Crippen molar-refractivity contribution < 1.29 is 9.53 Å². The van der Waals surface area contributed by atoms with Gasteiger partial charge in [0.25, 0.3) is 0 Å². The van der Waals surface area contributed by atoms with Gasteiger partial charge in [-0.3, -0.25) is 4.79 Å². The van der Waals surface area contributed by atoms with Gasteiger partial charge in [-0.2, -0.15) is 0 Å². The molecular weight excluding hydrogens is 436 g/mol. The molecule has 0 aliphatic heterocycles. The first-order valence-electron chi connectivity index (χ1n) is 8.20. The third-order valence-corrected chi connectivity index (χ3v) is 4.93. The highest BCUT2D eigenvalue weighted by molar-refractivity contribution is 9.11. The maximum atomic E-state index is 12.2. The number of rotatable bonds is 9. The highest BCUT2D eigenvalue weighted by Gasteiger charge is 2.20. The van der Waals surface area contributed by atoms with E-state index < -0.39 is 0 Å². The fraction of sp³-hybridized carbons (Fsp3) is 0.444. The first-order valence-corrected chi connectivity index (χ1v) is 9.79. The Hall–Kier alpha value is -1.14. The number of ether oxygens (including phenoxy) is 1. The van der Waals surface area contributed by atoms with Gasteiger partial charge in [0.05, 0.1) is 12.9 Å². The lowest BCUT2D eigenvalue weighted by Gasteiger charge is -2.20. The fourth-order valence-corrected chi connectivity index (χ4v) is 3.76. The third kappa shape index (κ3) is 6.06. The second-order valence-corrected chi connectivity index (χ2v) is 7.48. The van der Waals surface area contributed by atoms with Crippen LogP contribution in [0.1, 0.15) is 50.7 Å². The maximum Gasteiger partial charge on any atom is 0.306 e. The molecule has 4 nitrogen and oxygen atoms in total. The van der Waals surface area contributed by atoms with E-state index in [1.54, 1.807) is 12.5 Å². The van der Waals surface area contributed by atoms with Crippen LogP contribution in [0.5, 0.6) is 0 Å². The van der Waals surface area contributed by atoms with Crippen molar-refractivity contribution in [2.75, 3.05) is 0 Å². The SMILES string of the molecule is CCCCCCC(=O)OC(Cn1ccnc1)c1ccc(Br)cc1Br. The van der Waals surface area contributed by atoms with Crippen LogP contribution in [-0.4, -0.2) is 15.5 Å². The van der Waals surface area contributed by atoms with Gasteiger partial charge >= 0.3 is 5.97 Å². The average Bonchev–Trinajstić information content (AvgIpc) is 3.04. The van der Waals surface area contributed by atoms with E-state index in [0.29, 0.717) is 13.0 Å². The molecule has 0 saturated carbocycles. The minimum atomic E-state index is -0.347. The first-order chi connectivity index (χ1) is 11.6. The smallest absolute Gasteiger partial charge is 0.306 e. The van der Waals surface area contributed by atoms with Crippen LogP contribution in [0.3, 0.4) is 0 Å². The number of halogens is 2. The second-order valence-electron chi connectivity index (χ2n) is 5.71. The molecule has 1 atom stereocenters. The average molecular weight is 458 g/mol. The molecule has 0 N–H and O–H groups in total. The number of carbonyl (C=O) groups excluding carboxylic acids is 1. The molecule has 1 aromatic carbocycles. The summed E-state index contributed by atoms with van der Waals surface area (Å²) in [5.74, 6) is -0.147. The van der Waals surface area contributed by atoms with Crippen molar-refractivity contribution in [3.63, 3.8) is 0 Å². The molecule has 2 aromatic rings. The van der Waals surface area contributed by atoms with Crippen LogP contribution in [0.2, 0.25) is 0 Å². The van der Waals surface area contributed by atoms with Gasteiger partial charge in [-0.1, -0.05) is 64.1 Å². The number of nitrogens with zero attached hydrogens (tertiary/aromatic N) is 2. The number of hydrogen-bond donors (Lipinski definition) is 0. The van der Waals surface area contributed by atoms with Gasteiger partial charge in [0.15, 0.2) is 0 Å². The topological polar surface area (TPSA) is 44.1 Å². The van der Waals surface area contributed by atoms with Crippen molar-refractivity contribution in [1.82, 2.24) is 9.55 Å². The normalized spacial score (nSPS) is 12.1. The summed E-state index contributed by atoms with van der Waals surface area (Å²) in [5.41, 5.74) is 0.953. The van der Waals surface area contributed by atoms with E-state index in [2.05, 4.69) is 43.8 Å². The van der Waals surface area contributed by atoms with E-state index in [-0.39, 0.29) is 12.1 Å². The fourth-order valence-electron chi connectivity index (χ4n) is 2.46. The molecule has 24 heavy (non-hydrogen) atoms. The molecule has 1 heterocycles. The molecule has 130 valence electrons. The molecule has 0 saturated heterocycles. The highest BCUT2D eigenvalue weighted by Crippen LogP contribution is 2.30. The van der Waals surface area contributed by atoms with E-state index >= 15 is 0 Å². The number of hydrogen-bond acceptors (Lipinski definition) is 3. The van der Waals surface area contributed by atoms with Gasteiger partial charge in [-0.05, 0) is 18.6 Å². The number of esters is 1. The van der Waals surface area contributed by atoms with Gasteiger partial charge in [0, 0.05) is 33.3 Å². The van der Waals surface area contributed by atoms with Gasteiger partial charge in [-0.15, -0.1) is 0 Å². The summed E-state index contributed by atoms with van der Waals surface area (Å²) in [6.45, 7) is 2.70. The number of unbranched alkanes of at least 4 members (excludes halogenated alkanes) is 3. The van der Waals surface area contributed by atoms with E-state index in [0.717, 1.165) is 40.2 Å². The summed E-state index contributed by atoms with van der Waals surface area (Å²) < 4.78 is 9.59. The monoisotopic (exact) mass is 456 g/mol. The Balaban J connectivity index is 2.06. The van der Waals surface area contributed by atoms with Crippen molar-refractivity contribution in [3.8, 4) is 0 Å². The van der Waals surface area contributed by atoms with E-state index in [9.17, 15) is 4.79 Å². The zero-order valence-electron chi connectivity index (χ0n) is 13.8. The molecule has 0 aliphatic carbocycles. The van der Waals surface area contributed by atoms with E-state index in [1.165, 1.54) is 0 Å². The largest absolute Gasteiger partial charge is 0.456 e. The highest BCUT2D eigenvalue weighted by atomic mass is 79.9. The van der Waals surface area contributed by atoms with Gasteiger partial charge in [-0.25, -0.2) is 4.98 Å². The molecular formula is C18H22Br2N2O2. The minimum Gasteiger partial charge on any atom is -0.456 e. The lowest BCUT2D eigenvalue weighted by Crippen LogP contribution is -2.17. The summed E-state index contributed by atoms with van der Waals surface area (Å²) in [4.78, 5) is 16.3. The van der Waals surface area contributed by atoms with Gasteiger partial charge < -0.3 is 9.30 Å². The van der Waals surface area contributed by atoms with Gasteiger partial charge in [0.1, 0.15) is 6.10 Å². The summed E-state index contributed by atoms with van der Waals surface area (Å²) in [6.07, 6.45) is 9.71. The Morgan fingerprint density at radius 2 is 2.12 bits per heavy atom. The number of imidazole rings is 1. The molecule has 0 spiro atoms. The van der Waals surface area contributed by atoms with E-state index in [4.69, 9.17) is 4.74 Å². The van der Waals surface area contributed by atoms with Crippen LogP contribution in [0.25, 0.3) is 0 Å². The summed E-state index contributed by atoms with van der Waals surface area (Å²) >= 11 is 7.02. The standard InChI is InChI=1S/C18H22Br2N2O2/c1-2-3-4-5-6-18(23)24-17(12-22-10-9-21-13-22)15-8-7-14(19)11-16(15)20/h7-11,13,17H,2-6,12H2,1H3. The van der Waals surface area contributed by atoms with E-state index in [1.807, 2.05) is 29.0 Å². The summed E-state index contributed by atoms with van der Waals surface area (Å²) in [7, 11) is 0. The summed E-state index contributed by atoms with van der Waals surface area (Å²) in [6, 6.07) is 5.89. The molecule has 1 unspecified atom stereocenters. The lowest BCUT2D eigenvalue weighted by molar-refractivity contribution is -0.150. The Kier molecular flexibility index (Phi) is 7.99. The van der Waals surface area contributed by atoms with Crippen LogP contribution in [0, 0.1) is 0 Å². The maximum absolute atomic E-state index is 12.2. The molecule has 0 aliphatic rings. The van der Waals surface area contributed by atoms with Crippen LogP contribution in [0.15, 0.2) is 45.9 Å². The zero-order chi connectivity index (χ0) is 17.4. The molecule has 0 radical (unpaired) electrons. The number of carbonyl (C=O) groups is 1. The Labute approximate surface area is 159 Å². The zero-order valence-corrected chi connectivity index (χ0v) is 16.9. The Morgan fingerprint density at radius 3 is 2.79 bits per heavy atom. The number of aromatic nitrogens is 2. The minimum absolute atomic E-state index is 0.147. The van der Waals surface area contributed by atoms with Crippen LogP contribution < -0.4 is 0 Å². The predicted molar refractivity (Wildman–Crippen MR) is 102 cm³/mol. The molecule has 0 bridgehead atoms. The van der Waals surface area contributed by atoms with Crippen molar-refractivity contribution in [2.24, 2.45) is 0 Å². The third-order valence-electron chi connectivity index (χ3n) is 3.75. The van der Waals surface area contributed by atoms with Crippen LogP contribution in [-0.2, 0) is 16.1 Å². The second kappa shape index (κ2) is 9.99. The molecule has 2 rings (SSSR count).